The summed E-state index contributed by atoms with van der Waals surface area (Å²) >= 11 is 1.36. The molecule has 2 aromatic carbocycles. The van der Waals surface area contributed by atoms with Crippen LogP contribution in [0.3, 0.4) is 0 Å². The number of carbonyl (C=O) groups is 3. The number of hydrogen-bond donors (Lipinski definition) is 2. The first-order valence-electron chi connectivity index (χ1n) is 8.47. The molecule has 0 fully saturated rings. The highest BCUT2D eigenvalue weighted by Gasteiger charge is 2.09. The summed E-state index contributed by atoms with van der Waals surface area (Å²) in [4.78, 5) is 36.4. The van der Waals surface area contributed by atoms with Gasteiger partial charge in [0.2, 0.25) is 0 Å². The van der Waals surface area contributed by atoms with Crippen molar-refractivity contribution in [2.45, 2.75) is 6.54 Å². The number of amides is 2. The van der Waals surface area contributed by atoms with Gasteiger partial charge in [-0.1, -0.05) is 18.2 Å². The molecule has 0 aliphatic carbocycles. The number of benzene rings is 2. The minimum Gasteiger partial charge on any atom is -0.465 e. The normalized spacial score (nSPS) is 10.2. The van der Waals surface area contributed by atoms with E-state index in [0.717, 1.165) is 5.56 Å². The van der Waals surface area contributed by atoms with Gasteiger partial charge in [-0.15, -0.1) is 11.3 Å². The van der Waals surface area contributed by atoms with Gasteiger partial charge in [0.25, 0.3) is 11.8 Å². The third-order valence-corrected chi connectivity index (χ3v) is 4.85. The molecule has 1 aromatic heterocycles. The predicted molar refractivity (Wildman–Crippen MR) is 108 cm³/mol. The maximum Gasteiger partial charge on any atom is 0.337 e. The maximum atomic E-state index is 12.3. The number of ether oxygens (including phenoxy) is 1. The standard InChI is InChI=1S/C21H18N2O4S/c1-27-21(26)16-6-4-14(5-7-16)13-22-19(24)15-8-10-17(11-9-15)23-20(25)18-3-2-12-28-18/h2-12H,13H2,1H3,(H,22,24)(H,23,25). The van der Waals surface area contributed by atoms with Gasteiger partial charge in [-0.05, 0) is 53.4 Å². The van der Waals surface area contributed by atoms with Crippen molar-refractivity contribution in [3.05, 3.63) is 87.6 Å². The summed E-state index contributed by atoms with van der Waals surface area (Å²) in [7, 11) is 1.33. The molecule has 0 radical (unpaired) electrons. The van der Waals surface area contributed by atoms with Gasteiger partial charge >= 0.3 is 5.97 Å². The third-order valence-electron chi connectivity index (χ3n) is 3.98. The molecule has 0 atom stereocenters. The lowest BCUT2D eigenvalue weighted by Crippen LogP contribution is -2.22. The van der Waals surface area contributed by atoms with Gasteiger partial charge < -0.3 is 15.4 Å². The SMILES string of the molecule is COC(=O)c1ccc(CNC(=O)c2ccc(NC(=O)c3cccs3)cc2)cc1. The molecular weight excluding hydrogens is 376 g/mol. The predicted octanol–water partition coefficient (Wildman–Crippen LogP) is 3.72. The van der Waals surface area contributed by atoms with Gasteiger partial charge in [-0.25, -0.2) is 4.79 Å². The molecule has 0 saturated heterocycles. The van der Waals surface area contributed by atoms with Crippen molar-refractivity contribution in [2.24, 2.45) is 0 Å². The van der Waals surface area contributed by atoms with Crippen molar-refractivity contribution in [2.75, 3.05) is 12.4 Å². The topological polar surface area (TPSA) is 84.5 Å². The van der Waals surface area contributed by atoms with E-state index >= 15 is 0 Å². The second kappa shape index (κ2) is 8.96. The molecule has 0 aliphatic rings. The fourth-order valence-electron chi connectivity index (χ4n) is 2.47. The molecule has 6 nitrogen and oxygen atoms in total. The first kappa shape index (κ1) is 19.3. The lowest BCUT2D eigenvalue weighted by molar-refractivity contribution is 0.0600. The number of hydrogen-bond acceptors (Lipinski definition) is 5. The monoisotopic (exact) mass is 394 g/mol. The molecule has 3 aromatic rings. The third kappa shape index (κ3) is 4.83. The first-order valence-corrected chi connectivity index (χ1v) is 9.35. The summed E-state index contributed by atoms with van der Waals surface area (Å²) in [5.41, 5.74) is 2.42. The van der Waals surface area contributed by atoms with E-state index in [0.29, 0.717) is 28.2 Å². The van der Waals surface area contributed by atoms with Gasteiger partial charge in [-0.3, -0.25) is 9.59 Å². The highest BCUT2D eigenvalue weighted by atomic mass is 32.1. The maximum absolute atomic E-state index is 12.3. The van der Waals surface area contributed by atoms with Crippen LogP contribution in [0.25, 0.3) is 0 Å². The van der Waals surface area contributed by atoms with E-state index in [9.17, 15) is 14.4 Å². The van der Waals surface area contributed by atoms with Crippen LogP contribution < -0.4 is 10.6 Å². The zero-order chi connectivity index (χ0) is 19.9. The molecule has 0 spiro atoms. The number of methoxy groups -OCH3 is 1. The summed E-state index contributed by atoms with van der Waals surface area (Å²) in [5, 5.41) is 7.45. The minimum absolute atomic E-state index is 0.178. The number of nitrogens with one attached hydrogen (secondary N) is 2. The van der Waals surface area contributed by atoms with E-state index in [1.54, 1.807) is 54.6 Å². The van der Waals surface area contributed by atoms with Crippen LogP contribution in [0.2, 0.25) is 0 Å². The quantitative estimate of drug-likeness (QED) is 0.624. The van der Waals surface area contributed by atoms with E-state index in [1.807, 2.05) is 11.4 Å². The number of anilines is 1. The molecule has 3 rings (SSSR count). The second-order valence-electron chi connectivity index (χ2n) is 5.88. The number of esters is 1. The average molecular weight is 394 g/mol. The summed E-state index contributed by atoms with van der Waals surface area (Å²) in [6.07, 6.45) is 0. The molecule has 142 valence electrons. The zero-order valence-electron chi connectivity index (χ0n) is 15.1. The van der Waals surface area contributed by atoms with Crippen LogP contribution >= 0.6 is 11.3 Å². The van der Waals surface area contributed by atoms with Crippen LogP contribution in [0.4, 0.5) is 5.69 Å². The van der Waals surface area contributed by atoms with Crippen LogP contribution in [0.1, 0.15) is 36.0 Å². The Morgan fingerprint density at radius 3 is 2.18 bits per heavy atom. The van der Waals surface area contributed by atoms with Gasteiger partial charge in [0, 0.05) is 17.8 Å². The van der Waals surface area contributed by atoms with Crippen molar-refractivity contribution in [3.8, 4) is 0 Å². The summed E-state index contributed by atoms with van der Waals surface area (Å²) < 4.78 is 4.65. The van der Waals surface area contributed by atoms with Crippen molar-refractivity contribution in [1.29, 1.82) is 0 Å². The highest BCUT2D eigenvalue weighted by molar-refractivity contribution is 7.12. The Kier molecular flexibility index (Phi) is 6.18. The molecule has 2 N–H and O–H groups in total. The molecule has 0 unspecified atom stereocenters. The molecule has 0 bridgehead atoms. The van der Waals surface area contributed by atoms with Gasteiger partial charge in [0.05, 0.1) is 17.6 Å². The molecule has 7 heteroatoms. The molecule has 0 saturated carbocycles. The van der Waals surface area contributed by atoms with Gasteiger partial charge in [-0.2, -0.15) is 0 Å². The Hall–Kier alpha value is -3.45. The largest absolute Gasteiger partial charge is 0.465 e. The van der Waals surface area contributed by atoms with Crippen LogP contribution in [0.5, 0.6) is 0 Å². The van der Waals surface area contributed by atoms with Crippen LogP contribution in [-0.2, 0) is 11.3 Å². The Labute approximate surface area is 166 Å². The van der Waals surface area contributed by atoms with E-state index < -0.39 is 5.97 Å². The van der Waals surface area contributed by atoms with Crippen molar-refractivity contribution in [1.82, 2.24) is 5.32 Å². The van der Waals surface area contributed by atoms with E-state index in [4.69, 9.17) is 0 Å². The fraction of sp³-hybridized carbons (Fsp3) is 0.0952. The lowest BCUT2D eigenvalue weighted by atomic mass is 10.1. The van der Waals surface area contributed by atoms with Gasteiger partial charge in [0.1, 0.15) is 0 Å². The lowest BCUT2D eigenvalue weighted by Gasteiger charge is -2.08. The van der Waals surface area contributed by atoms with Crippen LogP contribution in [-0.4, -0.2) is 24.9 Å². The molecular formula is C21H18N2O4S. The van der Waals surface area contributed by atoms with Crippen LogP contribution in [0, 0.1) is 0 Å². The second-order valence-corrected chi connectivity index (χ2v) is 6.83. The summed E-state index contributed by atoms with van der Waals surface area (Å²) in [6, 6.07) is 17.1. The van der Waals surface area contributed by atoms with Crippen molar-refractivity contribution < 1.29 is 19.1 Å². The minimum atomic E-state index is -0.401. The fourth-order valence-corrected chi connectivity index (χ4v) is 3.09. The van der Waals surface area contributed by atoms with Crippen molar-refractivity contribution >= 4 is 34.8 Å². The van der Waals surface area contributed by atoms with E-state index in [1.165, 1.54) is 18.4 Å². The Balaban J connectivity index is 1.54. The Bertz CT molecular complexity index is 965. The highest BCUT2D eigenvalue weighted by Crippen LogP contribution is 2.14. The molecule has 2 amide bonds. The van der Waals surface area contributed by atoms with Gasteiger partial charge in [0.15, 0.2) is 0 Å². The van der Waals surface area contributed by atoms with E-state index in [-0.39, 0.29) is 11.8 Å². The van der Waals surface area contributed by atoms with Crippen LogP contribution in [0.15, 0.2) is 66.0 Å². The van der Waals surface area contributed by atoms with Crippen molar-refractivity contribution in [3.63, 3.8) is 0 Å². The smallest absolute Gasteiger partial charge is 0.337 e. The first-order chi connectivity index (χ1) is 13.6. The number of thiophene rings is 1. The molecule has 28 heavy (non-hydrogen) atoms. The molecule has 1 heterocycles. The van der Waals surface area contributed by atoms with E-state index in [2.05, 4.69) is 15.4 Å². The molecule has 0 aliphatic heterocycles. The Morgan fingerprint density at radius 1 is 0.893 bits per heavy atom. The number of carbonyl (C=O) groups excluding carboxylic acids is 3. The number of rotatable bonds is 6. The summed E-state index contributed by atoms with van der Waals surface area (Å²) in [6.45, 7) is 0.331. The Morgan fingerprint density at radius 2 is 1.57 bits per heavy atom. The average Bonchev–Trinajstić information content (AvgIpc) is 3.27. The summed E-state index contributed by atoms with van der Waals surface area (Å²) in [5.74, 6) is -0.808. The zero-order valence-corrected chi connectivity index (χ0v) is 15.9.